The summed E-state index contributed by atoms with van der Waals surface area (Å²) in [5.74, 6) is 0.824. The number of nitriles is 1. The van der Waals surface area contributed by atoms with Crippen LogP contribution in [0.3, 0.4) is 0 Å². The zero-order valence-corrected chi connectivity index (χ0v) is 31.9. The van der Waals surface area contributed by atoms with Crippen molar-refractivity contribution in [3.8, 4) is 12.1 Å². The van der Waals surface area contributed by atoms with Gasteiger partial charge in [-0.1, -0.05) is 66.7 Å². The second-order valence-corrected chi connectivity index (χ2v) is 14.5. The van der Waals surface area contributed by atoms with Crippen LogP contribution in [-0.2, 0) is 29.0 Å². The second-order valence-electron chi connectivity index (χ2n) is 14.5. The van der Waals surface area contributed by atoms with E-state index in [0.29, 0.717) is 32.2 Å². The van der Waals surface area contributed by atoms with Gasteiger partial charge in [0.25, 0.3) is 0 Å². The standard InChI is InChI=1S/C32H32N6O3.C9H19NO2/c1-40-31-34-28-21-36(29-13-7-11-24-10-5-6-12-26(24)29)17-15-27(28)30(35-31)37-18-19-38(25(20-37)14-16-33)32(39)41-22-23-8-3-2-4-9-23;1-7(2)10(6)8(11)12-9(3,4)5/h2-13,25H,14-15,17-22H2,1H3;7H,1-6H3. The largest absolute Gasteiger partial charge is 0.467 e. The van der Waals surface area contributed by atoms with E-state index in [1.165, 1.54) is 16.5 Å². The lowest BCUT2D eigenvalue weighted by molar-refractivity contribution is 0.0249. The van der Waals surface area contributed by atoms with E-state index < -0.39 is 11.7 Å². The van der Waals surface area contributed by atoms with Gasteiger partial charge in [0.1, 0.15) is 18.0 Å². The average molecular weight is 722 g/mol. The first kappa shape index (κ1) is 38.7. The number of hydrogen-bond donors (Lipinski definition) is 0. The molecule has 0 radical (unpaired) electrons. The average Bonchev–Trinajstić information content (AvgIpc) is 3.15. The molecule has 0 N–H and O–H groups in total. The molecule has 1 saturated heterocycles. The Morgan fingerprint density at radius 3 is 2.38 bits per heavy atom. The van der Waals surface area contributed by atoms with Gasteiger partial charge in [-0.3, -0.25) is 0 Å². The number of nitrogens with zero attached hydrogens (tertiary/aromatic N) is 7. The van der Waals surface area contributed by atoms with Crippen LogP contribution in [0.1, 0.15) is 57.9 Å². The van der Waals surface area contributed by atoms with E-state index in [0.717, 1.165) is 35.6 Å². The van der Waals surface area contributed by atoms with Gasteiger partial charge >= 0.3 is 18.2 Å². The van der Waals surface area contributed by atoms with Crippen LogP contribution in [0.4, 0.5) is 21.1 Å². The number of fused-ring (bicyclic) bond motifs is 2. The highest BCUT2D eigenvalue weighted by atomic mass is 16.6. The molecule has 1 aromatic heterocycles. The fraction of sp³-hybridized carbons (Fsp3) is 0.439. The summed E-state index contributed by atoms with van der Waals surface area (Å²) >= 11 is 0. The molecule has 12 heteroatoms. The quantitative estimate of drug-likeness (QED) is 0.194. The van der Waals surface area contributed by atoms with Gasteiger partial charge < -0.3 is 33.8 Å². The van der Waals surface area contributed by atoms with Gasteiger partial charge in [0.2, 0.25) is 0 Å². The van der Waals surface area contributed by atoms with Crippen LogP contribution in [0.2, 0.25) is 0 Å². The molecule has 2 amide bonds. The number of hydrogen-bond acceptors (Lipinski definition) is 10. The molecule has 2 aliphatic heterocycles. The number of piperazine rings is 1. The summed E-state index contributed by atoms with van der Waals surface area (Å²) in [7, 11) is 3.31. The highest BCUT2D eigenvalue weighted by Gasteiger charge is 2.35. The molecule has 3 aromatic carbocycles. The molecule has 4 aromatic rings. The van der Waals surface area contributed by atoms with Crippen molar-refractivity contribution < 1.29 is 23.8 Å². The fourth-order valence-electron chi connectivity index (χ4n) is 6.35. The summed E-state index contributed by atoms with van der Waals surface area (Å²) in [6.45, 7) is 12.6. The minimum atomic E-state index is -0.403. The van der Waals surface area contributed by atoms with E-state index in [2.05, 4.69) is 58.3 Å². The number of methoxy groups -OCH3 is 1. The summed E-state index contributed by atoms with van der Waals surface area (Å²) < 4.78 is 16.3. The van der Waals surface area contributed by atoms with E-state index in [4.69, 9.17) is 24.2 Å². The number of anilines is 2. The minimum Gasteiger partial charge on any atom is -0.467 e. The molecule has 0 saturated carbocycles. The van der Waals surface area contributed by atoms with E-state index in [9.17, 15) is 14.9 Å². The van der Waals surface area contributed by atoms with Crippen LogP contribution in [0, 0.1) is 11.3 Å². The van der Waals surface area contributed by atoms with Crippen molar-refractivity contribution in [2.75, 3.05) is 50.1 Å². The van der Waals surface area contributed by atoms with Crippen molar-refractivity contribution in [1.29, 1.82) is 5.26 Å². The molecule has 53 heavy (non-hydrogen) atoms. The van der Waals surface area contributed by atoms with Crippen LogP contribution in [0.25, 0.3) is 10.8 Å². The Morgan fingerprint density at radius 2 is 1.68 bits per heavy atom. The Balaban J connectivity index is 0.000000390. The molecular formula is C41H51N7O5. The first-order chi connectivity index (χ1) is 25.4. The molecule has 2 aliphatic rings. The maximum Gasteiger partial charge on any atom is 0.410 e. The molecule has 0 spiro atoms. The molecule has 12 nitrogen and oxygen atoms in total. The predicted molar refractivity (Wildman–Crippen MR) is 206 cm³/mol. The summed E-state index contributed by atoms with van der Waals surface area (Å²) in [5.41, 5.74) is 3.74. The normalized spacial score (nSPS) is 15.5. The Morgan fingerprint density at radius 1 is 0.962 bits per heavy atom. The maximum absolute atomic E-state index is 13.0. The number of aromatic nitrogens is 2. The highest BCUT2D eigenvalue weighted by molar-refractivity contribution is 5.94. The van der Waals surface area contributed by atoms with Crippen molar-refractivity contribution in [2.45, 2.75) is 78.3 Å². The van der Waals surface area contributed by atoms with Crippen LogP contribution in [-0.4, -0.2) is 90.0 Å². The summed E-state index contributed by atoms with van der Waals surface area (Å²) in [6, 6.07) is 26.9. The lowest BCUT2D eigenvalue weighted by Crippen LogP contribution is -2.55. The van der Waals surface area contributed by atoms with E-state index in [-0.39, 0.29) is 31.2 Å². The smallest absolute Gasteiger partial charge is 0.410 e. The Hall–Kier alpha value is -5.57. The van der Waals surface area contributed by atoms with Gasteiger partial charge in [-0.15, -0.1) is 0 Å². The molecular weight excluding hydrogens is 670 g/mol. The minimum absolute atomic E-state index is 0.180. The second kappa shape index (κ2) is 17.3. The van der Waals surface area contributed by atoms with Crippen molar-refractivity contribution in [2.24, 2.45) is 0 Å². The number of benzene rings is 3. The highest BCUT2D eigenvalue weighted by Crippen LogP contribution is 2.35. The molecule has 1 atom stereocenters. The van der Waals surface area contributed by atoms with Crippen molar-refractivity contribution >= 4 is 34.5 Å². The molecule has 1 fully saturated rings. The van der Waals surface area contributed by atoms with E-state index in [1.54, 1.807) is 24.0 Å². The van der Waals surface area contributed by atoms with Crippen molar-refractivity contribution in [3.05, 3.63) is 89.6 Å². The molecule has 1 unspecified atom stereocenters. The summed E-state index contributed by atoms with van der Waals surface area (Å²) in [4.78, 5) is 41.6. The summed E-state index contributed by atoms with van der Waals surface area (Å²) in [5, 5.41) is 12.0. The zero-order valence-electron chi connectivity index (χ0n) is 31.9. The third-order valence-electron chi connectivity index (χ3n) is 9.32. The molecule has 6 rings (SSSR count). The van der Waals surface area contributed by atoms with Crippen LogP contribution in [0.5, 0.6) is 6.01 Å². The third-order valence-corrected chi connectivity index (χ3v) is 9.32. The zero-order chi connectivity index (χ0) is 38.1. The SMILES string of the molecule is CC(C)N(C)C(=O)OC(C)(C)C.COc1nc2c(c(N3CCN(C(=O)OCc4ccccc4)C(CC#N)C3)n1)CCN(c1cccc3ccccc13)C2. The Bertz CT molecular complexity index is 1900. The topological polar surface area (TPSA) is 124 Å². The summed E-state index contributed by atoms with van der Waals surface area (Å²) in [6.07, 6.45) is 0.315. The van der Waals surface area contributed by atoms with Crippen LogP contribution < -0.4 is 14.5 Å². The molecule has 3 heterocycles. The number of rotatable bonds is 7. The van der Waals surface area contributed by atoms with Crippen molar-refractivity contribution in [1.82, 2.24) is 19.8 Å². The third kappa shape index (κ3) is 9.86. The first-order valence-electron chi connectivity index (χ1n) is 18.1. The van der Waals surface area contributed by atoms with E-state index in [1.807, 2.05) is 65.0 Å². The molecule has 0 bridgehead atoms. The van der Waals surface area contributed by atoms with Crippen LogP contribution in [0.15, 0.2) is 72.8 Å². The molecule has 280 valence electrons. The Kier molecular flexibility index (Phi) is 12.6. The van der Waals surface area contributed by atoms with Gasteiger partial charge in [-0.25, -0.2) is 9.59 Å². The van der Waals surface area contributed by atoms with Gasteiger partial charge in [-0.05, 0) is 58.1 Å². The van der Waals surface area contributed by atoms with Crippen molar-refractivity contribution in [3.63, 3.8) is 0 Å². The van der Waals surface area contributed by atoms with E-state index >= 15 is 0 Å². The first-order valence-corrected chi connectivity index (χ1v) is 18.1. The lowest BCUT2D eigenvalue weighted by atomic mass is 10.0. The van der Waals surface area contributed by atoms with Gasteiger partial charge in [0.15, 0.2) is 0 Å². The van der Waals surface area contributed by atoms with Gasteiger partial charge in [0, 0.05) is 55.9 Å². The number of amides is 2. The maximum atomic E-state index is 13.0. The fourth-order valence-corrected chi connectivity index (χ4v) is 6.35. The number of ether oxygens (including phenoxy) is 3. The molecule has 0 aliphatic carbocycles. The van der Waals surface area contributed by atoms with Gasteiger partial charge in [0.05, 0.1) is 37.9 Å². The predicted octanol–water partition coefficient (Wildman–Crippen LogP) is 7.20. The Labute approximate surface area is 312 Å². The lowest BCUT2D eigenvalue weighted by Gasteiger charge is -2.41. The van der Waals surface area contributed by atoms with Gasteiger partial charge in [-0.2, -0.15) is 15.2 Å². The number of carbonyl (C=O) groups excluding carboxylic acids is 2. The van der Waals surface area contributed by atoms with Crippen LogP contribution >= 0.6 is 0 Å². The number of carbonyl (C=O) groups is 2. The monoisotopic (exact) mass is 721 g/mol.